The summed E-state index contributed by atoms with van der Waals surface area (Å²) in [5, 5.41) is 11.3. The highest BCUT2D eigenvalue weighted by Gasteiger charge is 2.67. The molecule has 3 aliphatic carbocycles. The minimum atomic E-state index is -0.170. The Balaban J connectivity index is 1.08. The molecule has 5 aliphatic rings. The third kappa shape index (κ3) is 5.74. The number of phenols is 1. The van der Waals surface area contributed by atoms with Crippen molar-refractivity contribution in [2.45, 2.75) is 121 Å². The lowest BCUT2D eigenvalue weighted by molar-refractivity contribution is -0.143. The van der Waals surface area contributed by atoms with E-state index in [-0.39, 0.29) is 17.6 Å². The van der Waals surface area contributed by atoms with Crippen LogP contribution in [0.1, 0.15) is 101 Å². The molecule has 0 aromatic heterocycles. The number of amides is 1. The molecule has 6 nitrogen and oxygen atoms in total. The van der Waals surface area contributed by atoms with Gasteiger partial charge in [0.2, 0.25) is 5.91 Å². The summed E-state index contributed by atoms with van der Waals surface area (Å²) >= 11 is 0. The van der Waals surface area contributed by atoms with Crippen molar-refractivity contribution in [3.63, 3.8) is 0 Å². The van der Waals surface area contributed by atoms with E-state index in [1.165, 1.54) is 49.8 Å². The number of carbonyl (C=O) groups is 1. The fourth-order valence-electron chi connectivity index (χ4n) is 9.72. The summed E-state index contributed by atoms with van der Waals surface area (Å²) in [6.07, 6.45) is 14.1. The SMILES string of the molecule is COc1cc(O)c2c3c1O[C@H]1[C@@H](N(CC(C)C)C(=O)CCCCCCCc4ccccc4)CC[C@H]4[C@@H](C2)N(CC2CC2)CC[C@@]341. The van der Waals surface area contributed by atoms with Gasteiger partial charge in [0.05, 0.1) is 13.2 Å². The standard InChI is InChI=1S/C39H54N2O4/c1-26(2)24-41(35(43)15-11-6-4-5-8-12-27-13-9-7-10-14-27)31-19-18-30-32-22-29-33(42)23-34(44-3)37-36(29)39(30,38(31)45-37)20-21-40(32)25-28-16-17-28/h7,9-10,13-14,23,26,28,30-32,38,42H,4-6,8,11-12,15-22,24-25H2,1-3H3/t30-,31-,32+,38-,39-/m0/s1. The third-order valence-electron chi connectivity index (χ3n) is 11.9. The van der Waals surface area contributed by atoms with E-state index in [0.29, 0.717) is 41.7 Å². The number of hydrogen-bond acceptors (Lipinski definition) is 5. The van der Waals surface area contributed by atoms with Crippen LogP contribution in [0.2, 0.25) is 0 Å². The number of benzene rings is 2. The molecule has 1 spiro atoms. The first kappa shape index (κ1) is 30.9. The molecule has 3 fully saturated rings. The lowest BCUT2D eigenvalue weighted by atomic mass is 9.50. The molecule has 0 radical (unpaired) electrons. The summed E-state index contributed by atoms with van der Waals surface area (Å²) in [6, 6.07) is 13.0. The summed E-state index contributed by atoms with van der Waals surface area (Å²) in [5.74, 6) is 3.84. The Morgan fingerprint density at radius 3 is 2.62 bits per heavy atom. The van der Waals surface area contributed by atoms with E-state index in [9.17, 15) is 9.90 Å². The fraction of sp³-hybridized carbons (Fsp3) is 0.667. The average Bonchev–Trinajstić information content (AvgIpc) is 3.79. The van der Waals surface area contributed by atoms with Crippen LogP contribution in [-0.4, -0.2) is 65.7 Å². The van der Waals surface area contributed by atoms with E-state index in [2.05, 4.69) is 54.0 Å². The molecule has 2 aromatic rings. The van der Waals surface area contributed by atoms with Crippen LogP contribution in [0.25, 0.3) is 0 Å². The Hall–Kier alpha value is -2.73. The number of methoxy groups -OCH3 is 1. The maximum Gasteiger partial charge on any atom is 0.222 e. The van der Waals surface area contributed by atoms with Crippen LogP contribution >= 0.6 is 0 Å². The zero-order valence-electron chi connectivity index (χ0n) is 27.8. The molecule has 7 rings (SSSR count). The van der Waals surface area contributed by atoms with Gasteiger partial charge in [-0.05, 0) is 87.6 Å². The summed E-state index contributed by atoms with van der Waals surface area (Å²) in [4.78, 5) is 19.1. The van der Waals surface area contributed by atoms with Crippen LogP contribution in [0, 0.1) is 17.8 Å². The number of phenolic OH excluding ortho intramolecular Hbond substituents is 1. The number of ether oxygens (including phenoxy) is 2. The number of likely N-dealkylation sites (tertiary alicyclic amines) is 1. The molecule has 6 heteroatoms. The van der Waals surface area contributed by atoms with Gasteiger partial charge in [0.15, 0.2) is 11.5 Å². The number of hydrogen-bond donors (Lipinski definition) is 1. The first-order valence-corrected chi connectivity index (χ1v) is 18.1. The Labute approximate surface area is 270 Å². The molecule has 2 bridgehead atoms. The lowest BCUT2D eigenvalue weighted by Crippen LogP contribution is -2.69. The summed E-state index contributed by atoms with van der Waals surface area (Å²) in [5.41, 5.74) is 3.54. The molecular weight excluding hydrogens is 560 g/mol. The van der Waals surface area contributed by atoms with Crippen molar-refractivity contribution in [1.82, 2.24) is 9.80 Å². The first-order valence-electron chi connectivity index (χ1n) is 18.1. The van der Waals surface area contributed by atoms with Gasteiger partial charge >= 0.3 is 0 Å². The molecule has 1 N–H and O–H groups in total. The van der Waals surface area contributed by atoms with E-state index >= 15 is 0 Å². The zero-order chi connectivity index (χ0) is 31.1. The Bertz CT molecular complexity index is 1360. The topological polar surface area (TPSA) is 62.2 Å². The fourth-order valence-corrected chi connectivity index (χ4v) is 9.72. The predicted octanol–water partition coefficient (Wildman–Crippen LogP) is 7.29. The van der Waals surface area contributed by atoms with E-state index in [4.69, 9.17) is 9.47 Å². The smallest absolute Gasteiger partial charge is 0.222 e. The molecule has 2 aliphatic heterocycles. The van der Waals surface area contributed by atoms with Crippen LogP contribution in [0.3, 0.4) is 0 Å². The predicted molar refractivity (Wildman–Crippen MR) is 178 cm³/mol. The second-order valence-corrected chi connectivity index (χ2v) is 15.3. The van der Waals surface area contributed by atoms with E-state index in [1.54, 1.807) is 13.2 Å². The van der Waals surface area contributed by atoms with Crippen molar-refractivity contribution in [3.05, 3.63) is 53.1 Å². The van der Waals surface area contributed by atoms with Crippen LogP contribution < -0.4 is 9.47 Å². The number of piperidine rings is 1. The van der Waals surface area contributed by atoms with Crippen molar-refractivity contribution in [3.8, 4) is 17.2 Å². The highest BCUT2D eigenvalue weighted by atomic mass is 16.5. The highest BCUT2D eigenvalue weighted by Crippen LogP contribution is 2.66. The van der Waals surface area contributed by atoms with Crippen LogP contribution in [-0.2, 0) is 23.1 Å². The van der Waals surface area contributed by atoms with Crippen molar-refractivity contribution in [2.24, 2.45) is 17.8 Å². The van der Waals surface area contributed by atoms with Gasteiger partial charge in [-0.2, -0.15) is 0 Å². The molecule has 45 heavy (non-hydrogen) atoms. The molecule has 2 saturated carbocycles. The van der Waals surface area contributed by atoms with E-state index in [1.807, 2.05) is 0 Å². The third-order valence-corrected chi connectivity index (χ3v) is 11.9. The molecule has 2 aromatic carbocycles. The maximum absolute atomic E-state index is 14.1. The maximum atomic E-state index is 14.1. The van der Waals surface area contributed by atoms with Crippen molar-refractivity contribution in [1.29, 1.82) is 0 Å². The largest absolute Gasteiger partial charge is 0.508 e. The molecule has 1 saturated heterocycles. The number of aryl methyl sites for hydroxylation is 1. The molecule has 5 atom stereocenters. The minimum Gasteiger partial charge on any atom is -0.508 e. The van der Waals surface area contributed by atoms with Gasteiger partial charge in [-0.1, -0.05) is 63.4 Å². The highest BCUT2D eigenvalue weighted by molar-refractivity contribution is 5.77. The molecular formula is C39H54N2O4. The molecule has 1 amide bonds. The van der Waals surface area contributed by atoms with Gasteiger partial charge in [-0.25, -0.2) is 0 Å². The van der Waals surface area contributed by atoms with Gasteiger partial charge in [0, 0.05) is 48.2 Å². The second-order valence-electron chi connectivity index (χ2n) is 15.3. The summed E-state index contributed by atoms with van der Waals surface area (Å²) in [6.45, 7) is 7.49. The van der Waals surface area contributed by atoms with Crippen LogP contribution in [0.15, 0.2) is 36.4 Å². The Morgan fingerprint density at radius 1 is 1.09 bits per heavy atom. The lowest BCUT2D eigenvalue weighted by Gasteiger charge is -2.60. The number of unbranched alkanes of at least 4 members (excludes halogenated alkanes) is 4. The quantitative estimate of drug-likeness (QED) is 0.227. The van der Waals surface area contributed by atoms with Crippen molar-refractivity contribution in [2.75, 3.05) is 26.7 Å². The Morgan fingerprint density at radius 2 is 1.87 bits per heavy atom. The van der Waals surface area contributed by atoms with Crippen LogP contribution in [0.5, 0.6) is 17.2 Å². The normalized spacial score (nSPS) is 28.1. The van der Waals surface area contributed by atoms with Gasteiger partial charge in [-0.3, -0.25) is 9.69 Å². The number of carbonyl (C=O) groups excluding carboxylic acids is 1. The van der Waals surface area contributed by atoms with Crippen molar-refractivity contribution >= 4 is 5.91 Å². The Kier molecular flexibility index (Phi) is 8.80. The summed E-state index contributed by atoms with van der Waals surface area (Å²) in [7, 11) is 1.68. The second kappa shape index (κ2) is 12.8. The van der Waals surface area contributed by atoms with Gasteiger partial charge < -0.3 is 19.5 Å². The van der Waals surface area contributed by atoms with E-state index < -0.39 is 0 Å². The van der Waals surface area contributed by atoms with E-state index in [0.717, 1.165) is 75.3 Å². The van der Waals surface area contributed by atoms with Crippen LogP contribution in [0.4, 0.5) is 0 Å². The monoisotopic (exact) mass is 614 g/mol. The molecule has 2 heterocycles. The van der Waals surface area contributed by atoms with Gasteiger partial charge in [0.25, 0.3) is 0 Å². The first-order chi connectivity index (χ1) is 21.9. The van der Waals surface area contributed by atoms with Gasteiger partial charge in [0.1, 0.15) is 11.9 Å². The number of rotatable bonds is 14. The summed E-state index contributed by atoms with van der Waals surface area (Å²) < 4.78 is 12.9. The number of nitrogens with zero attached hydrogens (tertiary/aromatic N) is 2. The zero-order valence-corrected chi connectivity index (χ0v) is 27.8. The minimum absolute atomic E-state index is 0.0443. The number of aromatic hydroxyl groups is 1. The molecule has 244 valence electrons. The average molecular weight is 615 g/mol. The van der Waals surface area contributed by atoms with Crippen molar-refractivity contribution < 1.29 is 19.4 Å². The molecule has 0 unspecified atom stereocenters. The van der Waals surface area contributed by atoms with Gasteiger partial charge in [-0.15, -0.1) is 0 Å².